The predicted octanol–water partition coefficient (Wildman–Crippen LogP) is 3.98. The normalized spacial score (nSPS) is 18.1. The number of carboxylic acid groups (broad SMARTS) is 1. The number of fused-ring (bicyclic) bond motifs is 1. The first-order chi connectivity index (χ1) is 16.7. The summed E-state index contributed by atoms with van der Waals surface area (Å²) >= 11 is 0. The minimum Gasteiger partial charge on any atom is -0.495 e. The highest BCUT2D eigenvalue weighted by Crippen LogP contribution is 2.34. The summed E-state index contributed by atoms with van der Waals surface area (Å²) in [5, 5.41) is 9.59. The first-order valence-electron chi connectivity index (χ1n) is 11.2. The van der Waals surface area contributed by atoms with Crippen LogP contribution < -0.4 is 9.47 Å². The third-order valence-corrected chi connectivity index (χ3v) is 7.98. The molecule has 0 saturated carbocycles. The van der Waals surface area contributed by atoms with Crippen LogP contribution in [0, 0.1) is 6.92 Å². The van der Waals surface area contributed by atoms with Gasteiger partial charge in [-0.1, -0.05) is 30.3 Å². The number of para-hydroxylation sites is 1. The van der Waals surface area contributed by atoms with Crippen molar-refractivity contribution >= 4 is 16.0 Å². The maximum atomic E-state index is 13.5. The van der Waals surface area contributed by atoms with Crippen LogP contribution in [-0.4, -0.2) is 48.5 Å². The molecular weight excluding hydrogens is 468 g/mol. The molecule has 0 bridgehead atoms. The molecule has 0 radical (unpaired) electrons. The molecule has 4 rings (SSSR count). The van der Waals surface area contributed by atoms with Gasteiger partial charge in [0, 0.05) is 18.7 Å². The van der Waals surface area contributed by atoms with Gasteiger partial charge in [-0.25, -0.2) is 8.42 Å². The van der Waals surface area contributed by atoms with Gasteiger partial charge in [0.25, 0.3) is 0 Å². The third-order valence-electron chi connectivity index (χ3n) is 6.13. The topological polar surface area (TPSA) is 106 Å². The molecular formula is C26H28N2O6S. The average Bonchev–Trinajstić information content (AvgIpc) is 2.92. The van der Waals surface area contributed by atoms with Crippen molar-refractivity contribution in [2.24, 2.45) is 0 Å². The van der Waals surface area contributed by atoms with Gasteiger partial charge in [-0.3, -0.25) is 9.78 Å². The summed E-state index contributed by atoms with van der Waals surface area (Å²) in [5.41, 5.74) is 3.18. The number of methoxy groups -OCH3 is 1. The maximum Gasteiger partial charge on any atom is 0.304 e. The minimum absolute atomic E-state index is 0.139. The number of aromatic nitrogens is 1. The molecule has 2 atom stereocenters. The number of hydrogen-bond donors (Lipinski definition) is 1. The first-order valence-corrected chi connectivity index (χ1v) is 12.7. The average molecular weight is 497 g/mol. The van der Waals surface area contributed by atoms with Gasteiger partial charge in [0.05, 0.1) is 26.3 Å². The Bertz CT molecular complexity index is 1340. The molecule has 2 aromatic carbocycles. The number of aryl methyl sites for hydroxylation is 1. The van der Waals surface area contributed by atoms with Crippen LogP contribution in [0.4, 0.5) is 0 Å². The second-order valence-corrected chi connectivity index (χ2v) is 10.6. The number of ether oxygens (including phenoxy) is 2. The maximum absolute atomic E-state index is 13.5. The molecule has 9 heteroatoms. The number of benzene rings is 2. The molecule has 1 aliphatic rings. The van der Waals surface area contributed by atoms with E-state index in [0.717, 1.165) is 16.7 Å². The molecule has 2 unspecified atom stereocenters. The molecule has 0 fully saturated rings. The Labute approximate surface area is 205 Å². The van der Waals surface area contributed by atoms with E-state index in [0.29, 0.717) is 17.1 Å². The third kappa shape index (κ3) is 5.31. The predicted molar refractivity (Wildman–Crippen MR) is 130 cm³/mol. The molecule has 1 aromatic heterocycles. The second-order valence-electron chi connectivity index (χ2n) is 8.67. The first kappa shape index (κ1) is 24.7. The van der Waals surface area contributed by atoms with Crippen molar-refractivity contribution in [3.8, 4) is 11.5 Å². The lowest BCUT2D eigenvalue weighted by molar-refractivity contribution is -0.137. The van der Waals surface area contributed by atoms with E-state index in [2.05, 4.69) is 4.98 Å². The monoisotopic (exact) mass is 496 g/mol. The fourth-order valence-electron chi connectivity index (χ4n) is 4.30. The van der Waals surface area contributed by atoms with Crippen molar-refractivity contribution in [1.82, 2.24) is 9.29 Å². The van der Waals surface area contributed by atoms with E-state index < -0.39 is 21.9 Å². The van der Waals surface area contributed by atoms with E-state index >= 15 is 0 Å². The zero-order valence-electron chi connectivity index (χ0n) is 19.8. The lowest BCUT2D eigenvalue weighted by Crippen LogP contribution is -2.35. The Morgan fingerprint density at radius 1 is 1.20 bits per heavy atom. The lowest BCUT2D eigenvalue weighted by Gasteiger charge is -2.24. The molecule has 8 nitrogen and oxygen atoms in total. The van der Waals surface area contributed by atoms with Gasteiger partial charge >= 0.3 is 5.97 Å². The van der Waals surface area contributed by atoms with Crippen LogP contribution in [0.15, 0.2) is 65.8 Å². The van der Waals surface area contributed by atoms with Gasteiger partial charge in [0.1, 0.15) is 22.5 Å². The van der Waals surface area contributed by atoms with Gasteiger partial charge in [0.15, 0.2) is 0 Å². The van der Waals surface area contributed by atoms with Crippen LogP contribution in [-0.2, 0) is 21.4 Å². The van der Waals surface area contributed by atoms with Crippen molar-refractivity contribution in [2.45, 2.75) is 43.7 Å². The molecule has 1 N–H and O–H groups in total. The Balaban J connectivity index is 1.72. The van der Waals surface area contributed by atoms with Crippen LogP contribution in [0.2, 0.25) is 0 Å². The van der Waals surface area contributed by atoms with Crippen molar-refractivity contribution in [2.75, 3.05) is 13.7 Å². The fourth-order valence-corrected chi connectivity index (χ4v) is 5.91. The van der Waals surface area contributed by atoms with E-state index in [4.69, 9.17) is 9.47 Å². The smallest absolute Gasteiger partial charge is 0.304 e. The van der Waals surface area contributed by atoms with Gasteiger partial charge in [0.2, 0.25) is 10.0 Å². The number of aliphatic carboxylic acids is 1. The molecule has 1 aliphatic heterocycles. The number of rotatable bonds is 7. The summed E-state index contributed by atoms with van der Waals surface area (Å²) in [7, 11) is -2.26. The van der Waals surface area contributed by atoms with Gasteiger partial charge in [-0.2, -0.15) is 4.31 Å². The fraction of sp³-hybridized carbons (Fsp3) is 0.308. The van der Waals surface area contributed by atoms with Gasteiger partial charge in [-0.15, -0.1) is 0 Å². The number of carbonyl (C=O) groups is 1. The molecule has 0 aliphatic carbocycles. The summed E-state index contributed by atoms with van der Waals surface area (Å²) in [4.78, 5) is 16.0. The summed E-state index contributed by atoms with van der Waals surface area (Å²) in [6, 6.07) is 14.1. The number of pyridine rings is 1. The number of sulfonamides is 1. The van der Waals surface area contributed by atoms with Gasteiger partial charge in [-0.05, 0) is 54.3 Å². The Hall–Kier alpha value is -3.43. The highest BCUT2D eigenvalue weighted by molar-refractivity contribution is 7.89. The van der Waals surface area contributed by atoms with Crippen LogP contribution in [0.5, 0.6) is 11.5 Å². The van der Waals surface area contributed by atoms with E-state index in [1.165, 1.54) is 11.4 Å². The standard InChI is InChI=1S/C26H28N2O6S/c1-17-8-9-19(23(12-26(29)30)20-11-22(33-3)14-27-13-20)10-21(17)16-28-15-18(2)34-24-6-4-5-7-25(24)35(28,31)32/h4-11,13-14,18,23H,12,15-16H2,1-3H3,(H,29,30). The largest absolute Gasteiger partial charge is 0.495 e. The van der Waals surface area contributed by atoms with Crippen molar-refractivity contribution in [3.63, 3.8) is 0 Å². The molecule has 0 saturated heterocycles. The van der Waals surface area contributed by atoms with Crippen LogP contribution in [0.1, 0.15) is 41.5 Å². The van der Waals surface area contributed by atoms with Crippen LogP contribution >= 0.6 is 0 Å². The summed E-state index contributed by atoms with van der Waals surface area (Å²) in [6.45, 7) is 4.09. The van der Waals surface area contributed by atoms with E-state index in [1.54, 1.807) is 42.7 Å². The van der Waals surface area contributed by atoms with Gasteiger partial charge < -0.3 is 14.6 Å². The molecule has 184 valence electrons. The zero-order chi connectivity index (χ0) is 25.2. The van der Waals surface area contributed by atoms with E-state index in [-0.39, 0.29) is 30.5 Å². The molecule has 3 aromatic rings. The minimum atomic E-state index is -3.79. The summed E-state index contributed by atoms with van der Waals surface area (Å²) < 4.78 is 39.5. The summed E-state index contributed by atoms with van der Waals surface area (Å²) in [6.07, 6.45) is 2.72. The number of carboxylic acids is 1. The van der Waals surface area contributed by atoms with Crippen molar-refractivity contribution in [3.05, 3.63) is 83.2 Å². The number of hydrogen-bond acceptors (Lipinski definition) is 6. The highest BCUT2D eigenvalue weighted by atomic mass is 32.2. The van der Waals surface area contributed by atoms with Crippen molar-refractivity contribution < 1.29 is 27.8 Å². The van der Waals surface area contributed by atoms with E-state index in [9.17, 15) is 18.3 Å². The van der Waals surface area contributed by atoms with Crippen LogP contribution in [0.3, 0.4) is 0 Å². The quantitative estimate of drug-likeness (QED) is 0.527. The second kappa shape index (κ2) is 10.1. The summed E-state index contributed by atoms with van der Waals surface area (Å²) in [5.74, 6) is -0.538. The molecule has 0 amide bonds. The SMILES string of the molecule is COc1cncc(C(CC(=O)O)c2ccc(C)c(CN3CC(C)Oc4ccccc4S3(=O)=O)c2)c1. The lowest BCUT2D eigenvalue weighted by atomic mass is 9.87. The Kier molecular flexibility index (Phi) is 7.09. The molecule has 0 spiro atoms. The Morgan fingerprint density at radius 3 is 2.71 bits per heavy atom. The molecule has 2 heterocycles. The highest BCUT2D eigenvalue weighted by Gasteiger charge is 2.33. The zero-order valence-corrected chi connectivity index (χ0v) is 20.7. The van der Waals surface area contributed by atoms with Crippen LogP contribution in [0.25, 0.3) is 0 Å². The Morgan fingerprint density at radius 2 is 1.97 bits per heavy atom. The molecule has 35 heavy (non-hydrogen) atoms. The number of nitrogens with zero attached hydrogens (tertiary/aromatic N) is 2. The van der Waals surface area contributed by atoms with E-state index in [1.807, 2.05) is 32.0 Å². The van der Waals surface area contributed by atoms with Crippen molar-refractivity contribution in [1.29, 1.82) is 0 Å².